The van der Waals surface area contributed by atoms with E-state index in [1.165, 1.54) is 30.5 Å². The van der Waals surface area contributed by atoms with Gasteiger partial charge in [-0.1, -0.05) is 29.3 Å². The molecule has 0 unspecified atom stereocenters. The summed E-state index contributed by atoms with van der Waals surface area (Å²) in [5.41, 5.74) is 8.38. The van der Waals surface area contributed by atoms with Crippen LogP contribution in [0.1, 0.15) is 16.6 Å². The first-order valence-electron chi connectivity index (χ1n) is 6.89. The summed E-state index contributed by atoms with van der Waals surface area (Å²) >= 11 is 13.4. The predicted molar refractivity (Wildman–Crippen MR) is 97.4 cm³/mol. The lowest BCUT2D eigenvalue weighted by Crippen LogP contribution is -1.95. The van der Waals surface area contributed by atoms with E-state index in [0.29, 0.717) is 42.2 Å². The number of nitrogens with zero attached hydrogens (tertiary/aromatic N) is 1. The summed E-state index contributed by atoms with van der Waals surface area (Å²) in [6.45, 7) is 1.45. The number of aromatic nitrogens is 1. The fourth-order valence-corrected chi connectivity index (χ4v) is 4.04. The fraction of sp³-hybridized carbons (Fsp3) is 0.0588. The van der Waals surface area contributed by atoms with E-state index in [9.17, 15) is 9.18 Å². The number of nitrogens with two attached hydrogens (primary N) is 1. The third kappa shape index (κ3) is 3.02. The van der Waals surface area contributed by atoms with E-state index in [1.807, 2.05) is 0 Å². The number of carbonyl (C=O) groups excluding carboxylic acids is 1. The first kappa shape index (κ1) is 16.9. The van der Waals surface area contributed by atoms with Crippen molar-refractivity contribution in [3.8, 4) is 21.6 Å². The van der Waals surface area contributed by atoms with Crippen LogP contribution in [0.2, 0.25) is 10.0 Å². The Morgan fingerprint density at radius 2 is 2.00 bits per heavy atom. The summed E-state index contributed by atoms with van der Waals surface area (Å²) in [4.78, 5) is 16.7. The van der Waals surface area contributed by atoms with Gasteiger partial charge in [-0.25, -0.2) is 4.98 Å². The Balaban J connectivity index is 2.28. The quantitative estimate of drug-likeness (QED) is 0.467. The second-order valence-electron chi connectivity index (χ2n) is 5.10. The molecule has 0 spiro atoms. The molecular formula is C17H11Cl2FN2OS. The van der Waals surface area contributed by atoms with Crippen LogP contribution >= 0.6 is 34.5 Å². The van der Waals surface area contributed by atoms with Crippen molar-refractivity contribution in [1.82, 2.24) is 4.98 Å². The smallest absolute Gasteiger partial charge is 0.213 e. The molecule has 0 bridgehead atoms. The highest BCUT2D eigenvalue weighted by atomic mass is 35.5. The number of pyridine rings is 1. The summed E-state index contributed by atoms with van der Waals surface area (Å²) in [5, 5.41) is 0.875. The number of carbonyl (C=O) groups is 1. The van der Waals surface area contributed by atoms with E-state index in [4.69, 9.17) is 28.9 Å². The van der Waals surface area contributed by atoms with Crippen molar-refractivity contribution in [2.45, 2.75) is 6.92 Å². The largest absolute Gasteiger partial charge is 0.397 e. The highest BCUT2D eigenvalue weighted by molar-refractivity contribution is 7.18. The molecule has 0 amide bonds. The van der Waals surface area contributed by atoms with Gasteiger partial charge in [0, 0.05) is 28.4 Å². The molecule has 122 valence electrons. The van der Waals surface area contributed by atoms with Gasteiger partial charge < -0.3 is 5.73 Å². The molecule has 24 heavy (non-hydrogen) atoms. The molecule has 2 heterocycles. The lowest BCUT2D eigenvalue weighted by Gasteiger charge is -2.07. The number of benzene rings is 1. The lowest BCUT2D eigenvalue weighted by atomic mass is 10.0. The molecule has 0 saturated carbocycles. The van der Waals surface area contributed by atoms with Gasteiger partial charge in [-0.05, 0) is 30.7 Å². The molecule has 7 heteroatoms. The molecule has 2 aromatic heterocycles. The van der Waals surface area contributed by atoms with Crippen molar-refractivity contribution in [2.24, 2.45) is 0 Å². The predicted octanol–water partition coefficient (Wildman–Crippen LogP) is 5.71. The van der Waals surface area contributed by atoms with Crippen molar-refractivity contribution >= 4 is 46.0 Å². The lowest BCUT2D eigenvalue weighted by molar-refractivity contribution is 0.102. The molecular weight excluding hydrogens is 370 g/mol. The molecule has 0 aliphatic carbocycles. The number of rotatable bonds is 3. The van der Waals surface area contributed by atoms with Gasteiger partial charge in [-0.3, -0.25) is 4.79 Å². The number of thiophene rings is 1. The molecule has 3 rings (SSSR count). The van der Waals surface area contributed by atoms with Gasteiger partial charge in [0.2, 0.25) is 5.95 Å². The molecule has 0 atom stereocenters. The summed E-state index contributed by atoms with van der Waals surface area (Å²) in [7, 11) is 0. The van der Waals surface area contributed by atoms with Crippen LogP contribution in [0.25, 0.3) is 21.6 Å². The average molecular weight is 381 g/mol. The van der Waals surface area contributed by atoms with Gasteiger partial charge in [0.25, 0.3) is 0 Å². The Bertz CT molecular complexity index is 956. The zero-order valence-corrected chi connectivity index (χ0v) is 14.8. The maximum Gasteiger partial charge on any atom is 0.213 e. The van der Waals surface area contributed by atoms with Crippen LogP contribution in [0.4, 0.5) is 10.1 Å². The monoisotopic (exact) mass is 380 g/mol. The molecule has 0 fully saturated rings. The van der Waals surface area contributed by atoms with Crippen LogP contribution in [0, 0.1) is 5.95 Å². The number of ketones is 1. The second kappa shape index (κ2) is 6.51. The third-order valence-corrected chi connectivity index (χ3v) is 5.36. The second-order valence-corrected chi connectivity index (χ2v) is 6.96. The number of hydrogen-bond donors (Lipinski definition) is 1. The third-order valence-electron chi connectivity index (χ3n) is 3.45. The highest BCUT2D eigenvalue weighted by Crippen LogP contribution is 2.46. The molecule has 0 radical (unpaired) electrons. The number of halogens is 3. The van der Waals surface area contributed by atoms with Crippen molar-refractivity contribution in [2.75, 3.05) is 5.73 Å². The van der Waals surface area contributed by atoms with E-state index < -0.39 is 5.95 Å². The fourth-order valence-electron chi connectivity index (χ4n) is 2.41. The van der Waals surface area contributed by atoms with Crippen LogP contribution in [0.5, 0.6) is 0 Å². The van der Waals surface area contributed by atoms with Crippen LogP contribution in [-0.2, 0) is 0 Å². The van der Waals surface area contributed by atoms with E-state index >= 15 is 0 Å². The van der Waals surface area contributed by atoms with Crippen LogP contribution in [0.15, 0.2) is 36.5 Å². The zero-order valence-electron chi connectivity index (χ0n) is 12.4. The number of hydrogen-bond acceptors (Lipinski definition) is 4. The van der Waals surface area contributed by atoms with Crippen molar-refractivity contribution < 1.29 is 9.18 Å². The Hall–Kier alpha value is -1.95. The Morgan fingerprint density at radius 3 is 2.62 bits per heavy atom. The zero-order chi connectivity index (χ0) is 17.4. The number of anilines is 1. The average Bonchev–Trinajstić information content (AvgIpc) is 2.85. The Morgan fingerprint density at radius 1 is 1.25 bits per heavy atom. The summed E-state index contributed by atoms with van der Waals surface area (Å²) in [6.07, 6.45) is 1.35. The summed E-state index contributed by atoms with van der Waals surface area (Å²) in [6, 6.07) is 7.90. The van der Waals surface area contributed by atoms with E-state index in [1.54, 1.807) is 24.3 Å². The van der Waals surface area contributed by atoms with E-state index in [0.717, 1.165) is 0 Å². The summed E-state index contributed by atoms with van der Waals surface area (Å²) < 4.78 is 13.4. The molecule has 0 aliphatic heterocycles. The van der Waals surface area contributed by atoms with Crippen LogP contribution in [-0.4, -0.2) is 10.8 Å². The SMILES string of the molecule is CC(=O)c1sc(-c2ccnc(F)c2)c(N)c1-c1ccc(Cl)cc1Cl. The summed E-state index contributed by atoms with van der Waals surface area (Å²) in [5.74, 6) is -0.760. The van der Waals surface area contributed by atoms with E-state index in [2.05, 4.69) is 4.98 Å². The highest BCUT2D eigenvalue weighted by Gasteiger charge is 2.23. The van der Waals surface area contributed by atoms with Gasteiger partial charge in [-0.2, -0.15) is 4.39 Å². The van der Waals surface area contributed by atoms with Crippen molar-refractivity contribution in [3.63, 3.8) is 0 Å². The topological polar surface area (TPSA) is 56.0 Å². The van der Waals surface area contributed by atoms with Gasteiger partial charge >= 0.3 is 0 Å². The van der Waals surface area contributed by atoms with Gasteiger partial charge in [0.05, 0.1) is 20.5 Å². The number of nitrogen functional groups attached to an aromatic ring is 1. The maximum atomic E-state index is 13.4. The Labute approximate surface area is 151 Å². The van der Waals surface area contributed by atoms with Crippen molar-refractivity contribution in [3.05, 3.63) is 57.4 Å². The van der Waals surface area contributed by atoms with Gasteiger partial charge in [0.1, 0.15) is 0 Å². The van der Waals surface area contributed by atoms with Crippen LogP contribution < -0.4 is 5.73 Å². The molecule has 3 nitrogen and oxygen atoms in total. The standard InChI is InChI=1S/C17H11Cl2FN2OS/c1-8(23)16-14(11-3-2-10(18)7-12(11)19)15(21)17(24-16)9-4-5-22-13(20)6-9/h2-7H,21H2,1H3. The molecule has 0 aliphatic rings. The minimum Gasteiger partial charge on any atom is -0.397 e. The Kier molecular flexibility index (Phi) is 4.58. The molecule has 2 N–H and O–H groups in total. The maximum absolute atomic E-state index is 13.4. The first-order valence-corrected chi connectivity index (χ1v) is 8.46. The van der Waals surface area contributed by atoms with Crippen LogP contribution in [0.3, 0.4) is 0 Å². The number of Topliss-reactive ketones (excluding diaryl/α,β-unsaturated/α-hetero) is 1. The molecule has 1 aromatic carbocycles. The molecule has 3 aromatic rings. The molecule has 0 saturated heterocycles. The van der Waals surface area contributed by atoms with Gasteiger partial charge in [0.15, 0.2) is 5.78 Å². The van der Waals surface area contributed by atoms with E-state index in [-0.39, 0.29) is 5.78 Å². The normalized spacial score (nSPS) is 10.8. The van der Waals surface area contributed by atoms with Gasteiger partial charge in [-0.15, -0.1) is 11.3 Å². The minimum absolute atomic E-state index is 0.145. The minimum atomic E-state index is -0.615. The van der Waals surface area contributed by atoms with Crippen molar-refractivity contribution in [1.29, 1.82) is 0 Å². The first-order chi connectivity index (χ1) is 11.4.